The Morgan fingerprint density at radius 1 is 1.18 bits per heavy atom. The Morgan fingerprint density at radius 3 is 2.73 bits per heavy atom. The number of aryl methyl sites for hydroxylation is 1. The van der Waals surface area contributed by atoms with E-state index in [0.29, 0.717) is 18.7 Å². The number of ether oxygens (including phenoxy) is 1. The van der Waals surface area contributed by atoms with E-state index in [4.69, 9.17) is 4.74 Å². The molecule has 0 aliphatic carbocycles. The van der Waals surface area contributed by atoms with Gasteiger partial charge in [0.1, 0.15) is 5.60 Å². The van der Waals surface area contributed by atoms with Crippen LogP contribution in [0.1, 0.15) is 31.9 Å². The highest BCUT2D eigenvalue weighted by Gasteiger charge is 2.29. The molecule has 170 valence electrons. The number of nitrogens with one attached hydrogen (secondary N) is 1. The smallest absolute Gasteiger partial charge is 0.414 e. The first kappa shape index (κ1) is 22.3. The Bertz CT molecular complexity index is 1220. The molecule has 0 atom stereocenters. The second kappa shape index (κ2) is 8.90. The Morgan fingerprint density at radius 2 is 2.00 bits per heavy atom. The van der Waals surface area contributed by atoms with Crippen molar-refractivity contribution in [1.82, 2.24) is 14.8 Å². The van der Waals surface area contributed by atoms with Gasteiger partial charge in [0.15, 0.2) is 0 Å². The lowest BCUT2D eigenvalue weighted by atomic mass is 10.0. The third kappa shape index (κ3) is 5.28. The van der Waals surface area contributed by atoms with E-state index in [1.54, 1.807) is 40.3 Å². The molecule has 0 radical (unpaired) electrons. The fourth-order valence-electron chi connectivity index (χ4n) is 3.70. The molecule has 4 rings (SSSR count). The average Bonchev–Trinajstić information content (AvgIpc) is 3.37. The molecule has 2 aromatic heterocycles. The van der Waals surface area contributed by atoms with Crippen molar-refractivity contribution in [3.63, 3.8) is 0 Å². The van der Waals surface area contributed by atoms with Gasteiger partial charge in [-0.3, -0.25) is 19.4 Å². The minimum atomic E-state index is -0.550. The highest BCUT2D eigenvalue weighted by molar-refractivity contribution is 6.03. The number of hydrogen-bond acceptors (Lipinski definition) is 5. The largest absolute Gasteiger partial charge is 0.443 e. The van der Waals surface area contributed by atoms with E-state index < -0.39 is 5.60 Å². The zero-order valence-corrected chi connectivity index (χ0v) is 19.2. The number of amides is 2. The molecule has 0 saturated heterocycles. The summed E-state index contributed by atoms with van der Waals surface area (Å²) in [6, 6.07) is 7.42. The number of aromatic nitrogens is 3. The maximum Gasteiger partial charge on any atom is 0.414 e. The van der Waals surface area contributed by atoms with Crippen LogP contribution in [0.3, 0.4) is 0 Å². The topological polar surface area (TPSA) is 89.4 Å². The number of carbonyl (C=O) groups is 2. The molecule has 8 heteroatoms. The Balaban J connectivity index is 1.44. The van der Waals surface area contributed by atoms with Gasteiger partial charge in [0.05, 0.1) is 11.9 Å². The van der Waals surface area contributed by atoms with Crippen LogP contribution in [0.4, 0.5) is 16.2 Å². The van der Waals surface area contributed by atoms with Crippen LogP contribution in [0, 0.1) is 0 Å². The van der Waals surface area contributed by atoms with E-state index in [1.807, 2.05) is 52.2 Å². The summed E-state index contributed by atoms with van der Waals surface area (Å²) in [6.45, 7) is 6.09. The van der Waals surface area contributed by atoms with Gasteiger partial charge >= 0.3 is 6.09 Å². The van der Waals surface area contributed by atoms with E-state index in [0.717, 1.165) is 27.9 Å². The van der Waals surface area contributed by atoms with Gasteiger partial charge in [-0.05, 0) is 68.7 Å². The zero-order chi connectivity index (χ0) is 23.6. The first-order chi connectivity index (χ1) is 15.7. The third-order valence-corrected chi connectivity index (χ3v) is 5.14. The molecule has 1 aromatic carbocycles. The summed E-state index contributed by atoms with van der Waals surface area (Å²) in [5.41, 5.74) is 4.65. The number of fused-ring (bicyclic) bond motifs is 1. The summed E-state index contributed by atoms with van der Waals surface area (Å²) in [5, 5.41) is 7.10. The minimum absolute atomic E-state index is 0.252. The summed E-state index contributed by atoms with van der Waals surface area (Å²) in [5.74, 6) is -0.252. The highest BCUT2D eigenvalue weighted by atomic mass is 16.6. The van der Waals surface area contributed by atoms with E-state index >= 15 is 0 Å². The molecule has 0 fully saturated rings. The fourth-order valence-corrected chi connectivity index (χ4v) is 3.70. The van der Waals surface area contributed by atoms with Gasteiger partial charge in [-0.2, -0.15) is 5.10 Å². The lowest BCUT2D eigenvalue weighted by Gasteiger charge is -2.24. The number of pyridine rings is 1. The zero-order valence-electron chi connectivity index (χ0n) is 19.2. The Labute approximate surface area is 192 Å². The summed E-state index contributed by atoms with van der Waals surface area (Å²) in [6.07, 6.45) is 10.7. The van der Waals surface area contributed by atoms with Gasteiger partial charge in [0.25, 0.3) is 0 Å². The van der Waals surface area contributed by atoms with Crippen LogP contribution < -0.4 is 10.2 Å². The molecule has 8 nitrogen and oxygen atoms in total. The molecule has 0 unspecified atom stereocenters. The van der Waals surface area contributed by atoms with Crippen LogP contribution in [0.15, 0.2) is 55.1 Å². The van der Waals surface area contributed by atoms with Gasteiger partial charge in [-0.1, -0.05) is 0 Å². The number of benzene rings is 1. The molecule has 0 saturated carbocycles. The highest BCUT2D eigenvalue weighted by Crippen LogP contribution is 2.32. The van der Waals surface area contributed by atoms with Gasteiger partial charge in [0, 0.05) is 55.1 Å². The van der Waals surface area contributed by atoms with Gasteiger partial charge in [-0.15, -0.1) is 0 Å². The quantitative estimate of drug-likeness (QED) is 0.600. The number of carbonyl (C=O) groups excluding carboxylic acids is 2. The van der Waals surface area contributed by atoms with Crippen molar-refractivity contribution in [2.45, 2.75) is 32.8 Å². The molecule has 1 aliphatic rings. The van der Waals surface area contributed by atoms with Crippen molar-refractivity contribution in [2.75, 3.05) is 16.8 Å². The SMILES string of the molecule is Cn1cc(-c2ccncc2C=CC(=O)Nc2ccc3c(c2)CCN3C(=O)OC(C)(C)C)cn1. The first-order valence-electron chi connectivity index (χ1n) is 10.8. The summed E-state index contributed by atoms with van der Waals surface area (Å²) < 4.78 is 7.22. The van der Waals surface area contributed by atoms with Crippen LogP contribution in [-0.4, -0.2) is 38.9 Å². The third-order valence-electron chi connectivity index (χ3n) is 5.14. The maximum absolute atomic E-state index is 12.5. The number of hydrogen-bond donors (Lipinski definition) is 1. The van der Waals surface area contributed by atoms with Crippen LogP contribution in [-0.2, 0) is 23.0 Å². The van der Waals surface area contributed by atoms with Crippen molar-refractivity contribution in [2.24, 2.45) is 7.05 Å². The summed E-state index contributed by atoms with van der Waals surface area (Å²) in [4.78, 5) is 30.8. The predicted molar refractivity (Wildman–Crippen MR) is 128 cm³/mol. The molecule has 0 bridgehead atoms. The lowest BCUT2D eigenvalue weighted by Crippen LogP contribution is -2.35. The normalized spacial score (nSPS) is 13.3. The van der Waals surface area contributed by atoms with Crippen LogP contribution in [0.25, 0.3) is 17.2 Å². The summed E-state index contributed by atoms with van der Waals surface area (Å²) in [7, 11) is 1.86. The molecular weight excluding hydrogens is 418 g/mol. The second-order valence-corrected chi connectivity index (χ2v) is 8.91. The molecule has 3 heterocycles. The van der Waals surface area contributed by atoms with E-state index in [2.05, 4.69) is 15.4 Å². The van der Waals surface area contributed by atoms with Crippen molar-refractivity contribution >= 4 is 29.5 Å². The monoisotopic (exact) mass is 445 g/mol. The second-order valence-electron chi connectivity index (χ2n) is 8.91. The van der Waals surface area contributed by atoms with Gasteiger partial charge in [-0.25, -0.2) is 4.79 Å². The van der Waals surface area contributed by atoms with Crippen molar-refractivity contribution in [3.8, 4) is 11.1 Å². The van der Waals surface area contributed by atoms with Crippen molar-refractivity contribution in [3.05, 3.63) is 66.3 Å². The number of anilines is 2. The molecule has 3 aromatic rings. The van der Waals surface area contributed by atoms with Crippen molar-refractivity contribution < 1.29 is 14.3 Å². The average molecular weight is 446 g/mol. The van der Waals surface area contributed by atoms with Gasteiger partial charge < -0.3 is 10.1 Å². The maximum atomic E-state index is 12.5. The Kier molecular flexibility index (Phi) is 6.00. The van der Waals surface area contributed by atoms with E-state index in [1.165, 1.54) is 6.08 Å². The van der Waals surface area contributed by atoms with Crippen LogP contribution >= 0.6 is 0 Å². The molecule has 2 amide bonds. The number of rotatable bonds is 4. The molecule has 33 heavy (non-hydrogen) atoms. The van der Waals surface area contributed by atoms with Crippen molar-refractivity contribution in [1.29, 1.82) is 0 Å². The Hall–Kier alpha value is -3.94. The standard InChI is InChI=1S/C25H27N5O3/c1-25(2,3)33-24(32)30-12-10-17-13-20(6-7-22(17)30)28-23(31)8-5-18-14-26-11-9-21(18)19-15-27-29(4)16-19/h5-9,11,13-16H,10,12H2,1-4H3,(H,28,31). The summed E-state index contributed by atoms with van der Waals surface area (Å²) >= 11 is 0. The molecule has 1 aliphatic heterocycles. The lowest BCUT2D eigenvalue weighted by molar-refractivity contribution is -0.111. The van der Waals surface area contributed by atoms with Crippen LogP contribution in [0.2, 0.25) is 0 Å². The molecular formula is C25H27N5O3. The van der Waals surface area contributed by atoms with E-state index in [9.17, 15) is 9.59 Å². The van der Waals surface area contributed by atoms with Gasteiger partial charge in [0.2, 0.25) is 5.91 Å². The fraction of sp³-hybridized carbons (Fsp3) is 0.280. The molecule has 0 spiro atoms. The first-order valence-corrected chi connectivity index (χ1v) is 10.8. The number of nitrogens with zero attached hydrogens (tertiary/aromatic N) is 4. The van der Waals surface area contributed by atoms with Crippen LogP contribution in [0.5, 0.6) is 0 Å². The molecule has 1 N–H and O–H groups in total. The minimum Gasteiger partial charge on any atom is -0.443 e. The van der Waals surface area contributed by atoms with E-state index in [-0.39, 0.29) is 12.0 Å². The predicted octanol–water partition coefficient (Wildman–Crippen LogP) is 4.43.